The van der Waals surface area contributed by atoms with Gasteiger partial charge in [-0.3, -0.25) is 9.59 Å². The molecule has 0 unspecified atom stereocenters. The van der Waals surface area contributed by atoms with Gasteiger partial charge in [-0.2, -0.15) is 36.4 Å². The number of H-pyrrole nitrogens is 1. The minimum absolute atomic E-state index is 0. The molecule has 0 spiro atoms. The van der Waals surface area contributed by atoms with Crippen molar-refractivity contribution in [3.63, 3.8) is 0 Å². The van der Waals surface area contributed by atoms with Crippen LogP contribution in [-0.2, 0) is 37.8 Å². The van der Waals surface area contributed by atoms with Crippen LogP contribution in [0.5, 0.6) is 0 Å². The van der Waals surface area contributed by atoms with Crippen molar-refractivity contribution in [3.8, 4) is 0 Å². The first-order valence-corrected chi connectivity index (χ1v) is 11.4. The third kappa shape index (κ3) is 6.12. The number of aromatic nitrogens is 1. The molecule has 3 aromatic carbocycles. The first kappa shape index (κ1) is 26.5. The van der Waals surface area contributed by atoms with Crippen molar-refractivity contribution in [2.45, 2.75) is 44.9 Å². The number of methoxy groups -OCH3 is 1. The molecule has 2 atom stereocenters. The van der Waals surface area contributed by atoms with Gasteiger partial charge in [0.25, 0.3) is 5.97 Å². The first-order chi connectivity index (χ1) is 16.3. The molecule has 1 aliphatic rings. The molecule has 0 radical (unpaired) electrons. The molecule has 7 heteroatoms. The summed E-state index contributed by atoms with van der Waals surface area (Å²) in [5, 5.41) is 4.48. The van der Waals surface area contributed by atoms with E-state index in [4.69, 9.17) is 9.47 Å². The molecule has 0 amide bonds. The van der Waals surface area contributed by atoms with Crippen molar-refractivity contribution in [2.24, 2.45) is 0 Å². The smallest absolute Gasteiger partial charge is 0.468 e. The van der Waals surface area contributed by atoms with E-state index in [2.05, 4.69) is 16.4 Å². The van der Waals surface area contributed by atoms with Gasteiger partial charge in [0.2, 0.25) is 0 Å². The number of esters is 2. The van der Waals surface area contributed by atoms with E-state index in [1.54, 1.807) is 6.07 Å². The zero-order valence-electron chi connectivity index (χ0n) is 20.3. The Morgan fingerprint density at radius 3 is 2.43 bits per heavy atom. The predicted octanol–water partition coefficient (Wildman–Crippen LogP) is 5.02. The quantitative estimate of drug-likeness (QED) is 0.228. The third-order valence-corrected chi connectivity index (χ3v) is 5.70. The van der Waals surface area contributed by atoms with Crippen LogP contribution in [0.15, 0.2) is 72.8 Å². The SMILES string of the molecule is COC(=O)[C@H]1Cc2c([nH]c3ccccc23)[C@H]([c-]2ccc(C(=O)OC(C)(C)C)c2)N1.[Fe+2].c1cc[cH-]c1. The number of fused-ring (bicyclic) bond motifs is 3. The summed E-state index contributed by atoms with van der Waals surface area (Å²) < 4.78 is 10.5. The summed E-state index contributed by atoms with van der Waals surface area (Å²) in [6.45, 7) is 5.53. The zero-order valence-corrected chi connectivity index (χ0v) is 21.4. The molecule has 4 aromatic rings. The predicted molar refractivity (Wildman–Crippen MR) is 132 cm³/mol. The Balaban J connectivity index is 0.000000509. The molecule has 1 aromatic heterocycles. The Morgan fingerprint density at radius 1 is 1.09 bits per heavy atom. The van der Waals surface area contributed by atoms with Crippen molar-refractivity contribution in [2.75, 3.05) is 7.11 Å². The van der Waals surface area contributed by atoms with E-state index in [-0.39, 0.29) is 35.0 Å². The fraction of sp³-hybridized carbons (Fsp3) is 0.286. The normalized spacial score (nSPS) is 16.9. The second-order valence-electron chi connectivity index (χ2n) is 9.34. The van der Waals surface area contributed by atoms with Crippen molar-refractivity contribution in [1.29, 1.82) is 0 Å². The fourth-order valence-electron chi connectivity index (χ4n) is 4.22. The van der Waals surface area contributed by atoms with Gasteiger partial charge in [-0.15, -0.1) is 5.56 Å². The number of hydrogen-bond acceptors (Lipinski definition) is 5. The van der Waals surface area contributed by atoms with E-state index >= 15 is 0 Å². The average molecular weight is 514 g/mol. The maximum atomic E-state index is 12.4. The maximum absolute atomic E-state index is 12.4. The largest absolute Gasteiger partial charge is 2.00 e. The summed E-state index contributed by atoms with van der Waals surface area (Å²) in [5.41, 5.74) is 3.96. The van der Waals surface area contributed by atoms with E-state index in [0.29, 0.717) is 12.0 Å². The molecule has 2 heterocycles. The van der Waals surface area contributed by atoms with Crippen molar-refractivity contribution >= 4 is 22.8 Å². The number of aromatic amines is 1. The number of hydrogen-bond donors (Lipinski definition) is 2. The van der Waals surface area contributed by atoms with Crippen LogP contribution in [0.25, 0.3) is 10.9 Å². The molecule has 0 saturated carbocycles. The summed E-state index contributed by atoms with van der Waals surface area (Å²) in [4.78, 5) is 28.2. The molecule has 1 aliphatic heterocycles. The molecule has 35 heavy (non-hydrogen) atoms. The summed E-state index contributed by atoms with van der Waals surface area (Å²) in [6.07, 6.45) is 0.544. The van der Waals surface area contributed by atoms with Crippen LogP contribution in [0, 0.1) is 0 Å². The molecule has 0 fully saturated rings. The standard InChI is InChI=1S/C23H25N2O4.C5H5.Fe/c1-23(2,3)29-21(26)14-10-9-13(11-14)19-20-16(12-18(25-19)22(27)28-4)15-7-5-6-8-17(15)24-20;1-2-4-5-3-1;/h5-11,18-19,24-25H,12H2,1-4H3;1-5H;/q2*-1;+2/t18-,19+;;/m1../s1. The first-order valence-electron chi connectivity index (χ1n) is 11.4. The van der Waals surface area contributed by atoms with Gasteiger partial charge in [-0.05, 0) is 32.4 Å². The maximum Gasteiger partial charge on any atom is 2.00 e. The number of carbonyl (C=O) groups excluding carboxylic acids is 2. The van der Waals surface area contributed by atoms with E-state index in [1.165, 1.54) is 7.11 Å². The van der Waals surface area contributed by atoms with Crippen LogP contribution >= 0.6 is 0 Å². The minimum atomic E-state index is -0.558. The van der Waals surface area contributed by atoms with E-state index in [9.17, 15) is 9.59 Å². The van der Waals surface area contributed by atoms with E-state index in [0.717, 1.165) is 27.7 Å². The number of nitrogens with one attached hydrogen (secondary N) is 2. The van der Waals surface area contributed by atoms with Gasteiger partial charge < -0.3 is 19.8 Å². The molecule has 0 bridgehead atoms. The van der Waals surface area contributed by atoms with Gasteiger partial charge in [0.15, 0.2) is 0 Å². The van der Waals surface area contributed by atoms with Gasteiger partial charge in [0.05, 0.1) is 7.11 Å². The zero-order chi connectivity index (χ0) is 24.3. The van der Waals surface area contributed by atoms with Gasteiger partial charge >= 0.3 is 23.0 Å². The average Bonchev–Trinajstić information content (AvgIpc) is 3.58. The minimum Gasteiger partial charge on any atom is -0.468 e. The molecular weight excluding hydrogens is 484 g/mol. The van der Waals surface area contributed by atoms with E-state index in [1.807, 2.05) is 81.4 Å². The Bertz CT molecular complexity index is 1250. The van der Waals surface area contributed by atoms with Crippen molar-refractivity contribution < 1.29 is 36.1 Å². The summed E-state index contributed by atoms with van der Waals surface area (Å²) in [6, 6.07) is 22.8. The molecular formula is C28H30FeN2O4. The molecule has 6 nitrogen and oxygen atoms in total. The van der Waals surface area contributed by atoms with Crippen LogP contribution < -0.4 is 5.32 Å². The summed E-state index contributed by atoms with van der Waals surface area (Å²) in [7, 11) is 1.40. The third-order valence-electron chi connectivity index (χ3n) is 5.70. The second-order valence-corrected chi connectivity index (χ2v) is 9.34. The number of rotatable bonds is 3. The van der Waals surface area contributed by atoms with Crippen LogP contribution in [0.3, 0.4) is 0 Å². The van der Waals surface area contributed by atoms with Crippen molar-refractivity contribution in [1.82, 2.24) is 10.3 Å². The topological polar surface area (TPSA) is 80.4 Å². The molecule has 0 saturated heterocycles. The van der Waals surface area contributed by atoms with Crippen LogP contribution in [0.1, 0.15) is 54.0 Å². The number of ether oxygens (including phenoxy) is 2. The Labute approximate surface area is 216 Å². The Hall–Kier alpha value is -3.12. The van der Waals surface area contributed by atoms with Gasteiger partial charge in [0.1, 0.15) is 11.6 Å². The number of carbonyl (C=O) groups is 2. The van der Waals surface area contributed by atoms with Crippen molar-refractivity contribution in [3.05, 3.63) is 95.2 Å². The molecule has 2 N–H and O–H groups in total. The summed E-state index contributed by atoms with van der Waals surface area (Å²) in [5.74, 6) is -0.661. The van der Waals surface area contributed by atoms with Gasteiger partial charge in [-0.25, -0.2) is 12.1 Å². The second kappa shape index (κ2) is 11.1. The molecule has 0 aliphatic carbocycles. The monoisotopic (exact) mass is 514 g/mol. The van der Waals surface area contributed by atoms with Crippen LogP contribution in [-0.4, -0.2) is 35.7 Å². The molecule has 5 rings (SSSR count). The van der Waals surface area contributed by atoms with Crippen LogP contribution in [0.2, 0.25) is 0 Å². The number of para-hydroxylation sites is 1. The molecule has 184 valence electrons. The summed E-state index contributed by atoms with van der Waals surface area (Å²) >= 11 is 0. The fourth-order valence-corrected chi connectivity index (χ4v) is 4.22. The number of benzene rings is 1. The van der Waals surface area contributed by atoms with Crippen LogP contribution in [0.4, 0.5) is 0 Å². The van der Waals surface area contributed by atoms with E-state index < -0.39 is 11.6 Å². The Morgan fingerprint density at radius 2 is 1.80 bits per heavy atom. The Kier molecular flexibility index (Phi) is 8.38. The van der Waals surface area contributed by atoms with Gasteiger partial charge in [-0.1, -0.05) is 23.8 Å². The van der Waals surface area contributed by atoms with Gasteiger partial charge in [0, 0.05) is 29.1 Å².